The minimum absolute atomic E-state index is 0.0109. The average molecular weight is 538 g/mol. The van der Waals surface area contributed by atoms with Gasteiger partial charge in [-0.1, -0.05) is 84.4 Å². The number of aliphatic imine (C=N–C) groups is 1. The zero-order valence-corrected chi connectivity index (χ0v) is 26.8. The van der Waals surface area contributed by atoms with Crippen LogP contribution in [0.2, 0.25) is 0 Å². The Morgan fingerprint density at radius 2 is 1.69 bits per heavy atom. The SMILES string of the molecule is C=NCc1ccccc1C.CC.CC.CCC(=O)OC1CCC2(C)C(CCC3C4CC=C(C)C4(C)CCC32)C1. The first-order chi connectivity index (χ1) is 18.7. The molecule has 7 unspecified atom stereocenters. The molecule has 220 valence electrons. The van der Waals surface area contributed by atoms with Gasteiger partial charge in [-0.2, -0.15) is 0 Å². The van der Waals surface area contributed by atoms with Crippen LogP contribution < -0.4 is 0 Å². The lowest BCUT2D eigenvalue weighted by molar-refractivity contribution is -0.160. The van der Waals surface area contributed by atoms with E-state index in [0.29, 0.717) is 17.3 Å². The standard InChI is InChI=1S/C23H36O2.C9H11N.2C2H6/c1-5-21(24)25-17-10-12-23(4)16(14-17)7-8-18-19-9-6-15(2)22(19,3)13-11-20(18)23;1-8-5-3-4-6-9(8)7-10-2;2*1-2/h6,16-20H,5,7-14H2,1-4H3;3-6H,2,7H2,1H3;2*1-2H3. The number of rotatable bonds is 4. The number of carbonyl (C=O) groups excluding carboxylic acids is 1. The summed E-state index contributed by atoms with van der Waals surface area (Å²) >= 11 is 0. The van der Waals surface area contributed by atoms with Gasteiger partial charge in [0.1, 0.15) is 6.10 Å². The molecule has 39 heavy (non-hydrogen) atoms. The van der Waals surface area contributed by atoms with E-state index in [1.807, 2.05) is 46.8 Å². The summed E-state index contributed by atoms with van der Waals surface area (Å²) in [5.74, 6) is 3.45. The Kier molecular flexibility index (Phi) is 13.0. The highest BCUT2D eigenvalue weighted by Gasteiger charge is 2.58. The molecule has 3 fully saturated rings. The van der Waals surface area contributed by atoms with Crippen molar-refractivity contribution < 1.29 is 9.53 Å². The molecule has 4 aliphatic rings. The van der Waals surface area contributed by atoms with Crippen LogP contribution in [0.5, 0.6) is 0 Å². The van der Waals surface area contributed by atoms with Crippen molar-refractivity contribution >= 4 is 12.7 Å². The Labute approximate surface area is 241 Å². The molecule has 0 heterocycles. The number of nitrogens with zero attached hydrogens (tertiary/aromatic N) is 1. The first-order valence-electron chi connectivity index (χ1n) is 16.1. The van der Waals surface area contributed by atoms with Crippen LogP contribution in [0, 0.1) is 41.4 Å². The molecule has 0 aromatic heterocycles. The number of allylic oxidation sites excluding steroid dienone is 2. The summed E-state index contributed by atoms with van der Waals surface area (Å²) < 4.78 is 5.72. The normalized spacial score (nSPS) is 34.0. The fraction of sp³-hybridized carbons (Fsp3) is 0.722. The molecule has 3 saturated carbocycles. The van der Waals surface area contributed by atoms with Crippen LogP contribution in [0.1, 0.15) is 124 Å². The maximum absolute atomic E-state index is 11.7. The third-order valence-corrected chi connectivity index (χ3v) is 10.7. The van der Waals surface area contributed by atoms with Crippen molar-refractivity contribution in [2.45, 2.75) is 133 Å². The van der Waals surface area contributed by atoms with Crippen molar-refractivity contribution in [2.24, 2.45) is 39.5 Å². The molecule has 0 aliphatic heterocycles. The van der Waals surface area contributed by atoms with Gasteiger partial charge < -0.3 is 4.74 Å². The number of esters is 1. The van der Waals surface area contributed by atoms with Crippen molar-refractivity contribution in [2.75, 3.05) is 0 Å². The summed E-state index contributed by atoms with van der Waals surface area (Å²) in [6.45, 7) is 23.7. The maximum atomic E-state index is 11.7. The van der Waals surface area contributed by atoms with Crippen LogP contribution in [0.25, 0.3) is 0 Å². The Morgan fingerprint density at radius 3 is 2.33 bits per heavy atom. The summed E-state index contributed by atoms with van der Waals surface area (Å²) in [4.78, 5) is 15.5. The average Bonchev–Trinajstić information content (AvgIpc) is 3.27. The molecule has 1 aromatic carbocycles. The second-order valence-corrected chi connectivity index (χ2v) is 12.3. The zero-order valence-electron chi connectivity index (χ0n) is 26.8. The second kappa shape index (κ2) is 15.2. The minimum Gasteiger partial charge on any atom is -0.462 e. The number of hydrogen-bond donors (Lipinski definition) is 0. The van der Waals surface area contributed by atoms with Crippen molar-refractivity contribution in [1.82, 2.24) is 0 Å². The third kappa shape index (κ3) is 7.25. The van der Waals surface area contributed by atoms with Crippen LogP contribution in [-0.2, 0) is 16.1 Å². The number of ether oxygens (including phenoxy) is 1. The predicted octanol–water partition coefficient (Wildman–Crippen LogP) is 10.2. The molecule has 0 saturated heterocycles. The van der Waals surface area contributed by atoms with E-state index in [0.717, 1.165) is 43.1 Å². The smallest absolute Gasteiger partial charge is 0.305 e. The molecular formula is C36H59NO2. The van der Waals surface area contributed by atoms with Crippen LogP contribution in [0.15, 0.2) is 40.9 Å². The number of benzene rings is 1. The quantitative estimate of drug-likeness (QED) is 0.218. The van der Waals surface area contributed by atoms with Crippen LogP contribution in [-0.4, -0.2) is 18.8 Å². The van der Waals surface area contributed by atoms with E-state index in [-0.39, 0.29) is 12.1 Å². The Bertz CT molecular complexity index is 951. The van der Waals surface area contributed by atoms with Gasteiger partial charge in [-0.15, -0.1) is 0 Å². The highest BCUT2D eigenvalue weighted by atomic mass is 16.5. The van der Waals surface area contributed by atoms with Crippen LogP contribution in [0.3, 0.4) is 0 Å². The van der Waals surface area contributed by atoms with Gasteiger partial charge in [0.25, 0.3) is 0 Å². The first kappa shape index (κ1) is 33.3. The summed E-state index contributed by atoms with van der Waals surface area (Å²) in [7, 11) is 0. The molecule has 4 aliphatic carbocycles. The van der Waals surface area contributed by atoms with Gasteiger partial charge in [-0.3, -0.25) is 9.79 Å². The molecular weight excluding hydrogens is 478 g/mol. The zero-order chi connectivity index (χ0) is 29.2. The summed E-state index contributed by atoms with van der Waals surface area (Å²) in [5, 5.41) is 0. The van der Waals surface area contributed by atoms with E-state index in [4.69, 9.17) is 4.74 Å². The lowest BCUT2D eigenvalue weighted by Gasteiger charge is -2.60. The third-order valence-electron chi connectivity index (χ3n) is 10.7. The van der Waals surface area contributed by atoms with Gasteiger partial charge in [0.05, 0.1) is 6.54 Å². The molecule has 0 bridgehead atoms. The molecule has 0 amide bonds. The van der Waals surface area contributed by atoms with E-state index in [9.17, 15) is 4.79 Å². The summed E-state index contributed by atoms with van der Waals surface area (Å²) in [6, 6.07) is 8.21. The molecule has 3 heteroatoms. The van der Waals surface area contributed by atoms with Gasteiger partial charge in [-0.25, -0.2) is 0 Å². The lowest BCUT2D eigenvalue weighted by atomic mass is 9.45. The van der Waals surface area contributed by atoms with E-state index >= 15 is 0 Å². The van der Waals surface area contributed by atoms with Crippen LogP contribution in [0.4, 0.5) is 0 Å². The van der Waals surface area contributed by atoms with Gasteiger partial charge in [0, 0.05) is 6.42 Å². The van der Waals surface area contributed by atoms with E-state index in [1.165, 1.54) is 49.7 Å². The molecule has 0 spiro atoms. The molecule has 7 atom stereocenters. The predicted molar refractivity (Wildman–Crippen MR) is 168 cm³/mol. The summed E-state index contributed by atoms with van der Waals surface area (Å²) in [5.41, 5.74) is 5.18. The molecule has 0 radical (unpaired) electrons. The van der Waals surface area contributed by atoms with E-state index in [1.54, 1.807) is 5.57 Å². The Morgan fingerprint density at radius 1 is 1.00 bits per heavy atom. The van der Waals surface area contributed by atoms with E-state index < -0.39 is 0 Å². The van der Waals surface area contributed by atoms with E-state index in [2.05, 4.69) is 57.6 Å². The Balaban J connectivity index is 0.000000320. The fourth-order valence-corrected chi connectivity index (χ4v) is 8.28. The first-order valence-corrected chi connectivity index (χ1v) is 16.1. The van der Waals surface area contributed by atoms with Gasteiger partial charge in [0.2, 0.25) is 0 Å². The van der Waals surface area contributed by atoms with Crippen molar-refractivity contribution in [3.05, 3.63) is 47.0 Å². The molecule has 0 N–H and O–H groups in total. The van der Waals surface area contributed by atoms with Gasteiger partial charge in [0.15, 0.2) is 0 Å². The largest absolute Gasteiger partial charge is 0.462 e. The second-order valence-electron chi connectivity index (χ2n) is 12.3. The minimum atomic E-state index is -0.0109. The number of hydrogen-bond acceptors (Lipinski definition) is 3. The summed E-state index contributed by atoms with van der Waals surface area (Å²) in [6.07, 6.45) is 13.6. The number of carbonyl (C=O) groups is 1. The fourth-order valence-electron chi connectivity index (χ4n) is 8.28. The molecule has 5 rings (SSSR count). The maximum Gasteiger partial charge on any atom is 0.305 e. The highest BCUT2D eigenvalue weighted by Crippen LogP contribution is 2.66. The van der Waals surface area contributed by atoms with Gasteiger partial charge >= 0.3 is 5.97 Å². The Hall–Kier alpha value is -1.90. The monoisotopic (exact) mass is 537 g/mol. The highest BCUT2D eigenvalue weighted by molar-refractivity contribution is 5.69. The van der Waals surface area contributed by atoms with Crippen LogP contribution >= 0.6 is 0 Å². The molecule has 1 aromatic rings. The number of fused-ring (bicyclic) bond motifs is 5. The molecule has 3 nitrogen and oxygen atoms in total. The van der Waals surface area contributed by atoms with Crippen molar-refractivity contribution in [3.8, 4) is 0 Å². The topological polar surface area (TPSA) is 38.7 Å². The number of aryl methyl sites for hydroxylation is 1. The van der Waals surface area contributed by atoms with Gasteiger partial charge in [-0.05, 0) is 118 Å². The lowest BCUT2D eigenvalue weighted by Crippen LogP contribution is -2.53. The van der Waals surface area contributed by atoms with Crippen molar-refractivity contribution in [1.29, 1.82) is 0 Å². The van der Waals surface area contributed by atoms with Crippen molar-refractivity contribution in [3.63, 3.8) is 0 Å².